The number of carbonyl (C=O) groups excluding carboxylic acids is 1. The van der Waals surface area contributed by atoms with Crippen LogP contribution in [-0.2, 0) is 9.47 Å². The van der Waals surface area contributed by atoms with Crippen molar-refractivity contribution in [3.8, 4) is 0 Å². The molecule has 4 rings (SSSR count). The predicted octanol–water partition coefficient (Wildman–Crippen LogP) is 2.70. The van der Waals surface area contributed by atoms with E-state index < -0.39 is 5.79 Å². The third-order valence-corrected chi connectivity index (χ3v) is 5.63. The van der Waals surface area contributed by atoms with Crippen molar-refractivity contribution in [3.63, 3.8) is 0 Å². The first kappa shape index (κ1) is 17.1. The standard InChI is InChI=1S/C18H24ClN3O3/c19-15-12-14(17(23)22-6-2-1-3-7-22)13-20-16(15)21-8-4-18(5-9-21)24-10-11-25-18/h12-13H,1-11H2. The Kier molecular flexibility index (Phi) is 4.84. The molecule has 0 unspecified atom stereocenters. The van der Waals surface area contributed by atoms with Gasteiger partial charge in [0.1, 0.15) is 5.82 Å². The Bertz CT molecular complexity index is 632. The second-order valence-electron chi connectivity index (χ2n) is 6.98. The Morgan fingerprint density at radius 2 is 1.76 bits per heavy atom. The maximum absolute atomic E-state index is 12.6. The minimum atomic E-state index is -0.410. The number of piperidine rings is 2. The van der Waals surface area contributed by atoms with Gasteiger partial charge in [-0.1, -0.05) is 11.6 Å². The number of carbonyl (C=O) groups is 1. The fourth-order valence-electron chi connectivity index (χ4n) is 3.90. The molecule has 136 valence electrons. The number of likely N-dealkylation sites (tertiary alicyclic amines) is 1. The summed E-state index contributed by atoms with van der Waals surface area (Å²) in [5.74, 6) is 0.364. The number of ether oxygens (including phenoxy) is 2. The largest absolute Gasteiger partial charge is 0.355 e. The van der Waals surface area contributed by atoms with Gasteiger partial charge in [0, 0.05) is 45.2 Å². The summed E-state index contributed by atoms with van der Waals surface area (Å²) in [6.07, 6.45) is 6.62. The molecule has 4 heterocycles. The maximum atomic E-state index is 12.6. The quantitative estimate of drug-likeness (QED) is 0.806. The Balaban J connectivity index is 1.44. The van der Waals surface area contributed by atoms with Crippen molar-refractivity contribution in [2.75, 3.05) is 44.3 Å². The van der Waals surface area contributed by atoms with Crippen molar-refractivity contribution in [3.05, 3.63) is 22.8 Å². The monoisotopic (exact) mass is 365 g/mol. The van der Waals surface area contributed by atoms with Crippen LogP contribution in [0.25, 0.3) is 0 Å². The third kappa shape index (κ3) is 3.48. The fourth-order valence-corrected chi connectivity index (χ4v) is 4.19. The van der Waals surface area contributed by atoms with Gasteiger partial charge in [-0.2, -0.15) is 0 Å². The van der Waals surface area contributed by atoms with Crippen molar-refractivity contribution < 1.29 is 14.3 Å². The second-order valence-corrected chi connectivity index (χ2v) is 7.38. The van der Waals surface area contributed by atoms with E-state index in [1.807, 2.05) is 4.90 Å². The molecule has 0 aliphatic carbocycles. The first-order valence-electron chi connectivity index (χ1n) is 9.15. The topological polar surface area (TPSA) is 54.9 Å². The molecular weight excluding hydrogens is 342 g/mol. The van der Waals surface area contributed by atoms with E-state index in [9.17, 15) is 4.79 Å². The molecule has 6 nitrogen and oxygen atoms in total. The van der Waals surface area contributed by atoms with Gasteiger partial charge < -0.3 is 19.3 Å². The van der Waals surface area contributed by atoms with Crippen molar-refractivity contribution in [2.24, 2.45) is 0 Å². The Morgan fingerprint density at radius 3 is 2.40 bits per heavy atom. The molecule has 3 saturated heterocycles. The normalized spacial score (nSPS) is 23.2. The number of rotatable bonds is 2. The SMILES string of the molecule is O=C(c1cnc(N2CCC3(CC2)OCCO3)c(Cl)c1)N1CCCCC1. The van der Waals surface area contributed by atoms with E-state index in [1.165, 1.54) is 6.42 Å². The highest BCUT2D eigenvalue weighted by Gasteiger charge is 2.40. The van der Waals surface area contributed by atoms with Crippen LogP contribution in [0.4, 0.5) is 5.82 Å². The lowest BCUT2D eigenvalue weighted by Gasteiger charge is -2.38. The number of aromatic nitrogens is 1. The van der Waals surface area contributed by atoms with Gasteiger partial charge in [-0.15, -0.1) is 0 Å². The van der Waals surface area contributed by atoms with E-state index in [2.05, 4.69) is 9.88 Å². The molecule has 3 aliphatic rings. The highest BCUT2D eigenvalue weighted by molar-refractivity contribution is 6.33. The molecule has 3 aliphatic heterocycles. The van der Waals surface area contributed by atoms with E-state index in [0.717, 1.165) is 57.7 Å². The lowest BCUT2D eigenvalue weighted by atomic mass is 10.0. The van der Waals surface area contributed by atoms with E-state index in [1.54, 1.807) is 12.3 Å². The highest BCUT2D eigenvalue weighted by Crippen LogP contribution is 2.34. The highest BCUT2D eigenvalue weighted by atomic mass is 35.5. The van der Waals surface area contributed by atoms with Crippen LogP contribution >= 0.6 is 11.6 Å². The number of nitrogens with zero attached hydrogens (tertiary/aromatic N) is 3. The van der Waals surface area contributed by atoms with Crippen LogP contribution in [-0.4, -0.2) is 61.0 Å². The molecule has 0 saturated carbocycles. The lowest BCUT2D eigenvalue weighted by Crippen LogP contribution is -2.45. The van der Waals surface area contributed by atoms with Crippen LogP contribution < -0.4 is 4.90 Å². The Labute approximate surface area is 153 Å². The zero-order valence-corrected chi connectivity index (χ0v) is 15.1. The molecule has 0 N–H and O–H groups in total. The minimum Gasteiger partial charge on any atom is -0.355 e. The average Bonchev–Trinajstić information content (AvgIpc) is 3.11. The number of anilines is 1. The number of hydrogen-bond acceptors (Lipinski definition) is 5. The molecule has 0 radical (unpaired) electrons. The van der Waals surface area contributed by atoms with Gasteiger partial charge in [0.15, 0.2) is 5.79 Å². The van der Waals surface area contributed by atoms with Crippen LogP contribution in [0, 0.1) is 0 Å². The smallest absolute Gasteiger partial charge is 0.255 e. The first-order valence-corrected chi connectivity index (χ1v) is 9.52. The molecule has 0 atom stereocenters. The minimum absolute atomic E-state index is 0.0333. The van der Waals surface area contributed by atoms with Crippen molar-refractivity contribution in [1.82, 2.24) is 9.88 Å². The van der Waals surface area contributed by atoms with Gasteiger partial charge in [-0.25, -0.2) is 4.98 Å². The predicted molar refractivity (Wildman–Crippen MR) is 95.1 cm³/mol. The van der Waals surface area contributed by atoms with Gasteiger partial charge in [0.2, 0.25) is 0 Å². The Morgan fingerprint density at radius 1 is 1.08 bits per heavy atom. The molecule has 0 bridgehead atoms. The summed E-state index contributed by atoms with van der Waals surface area (Å²) in [4.78, 5) is 21.1. The second kappa shape index (κ2) is 7.09. The van der Waals surface area contributed by atoms with E-state index in [4.69, 9.17) is 21.1 Å². The molecule has 1 aromatic heterocycles. The summed E-state index contributed by atoms with van der Waals surface area (Å²) in [5.41, 5.74) is 0.576. The van der Waals surface area contributed by atoms with Gasteiger partial charge in [0.25, 0.3) is 5.91 Å². The lowest BCUT2D eigenvalue weighted by molar-refractivity contribution is -0.169. The Hall–Kier alpha value is -1.37. The third-order valence-electron chi connectivity index (χ3n) is 5.35. The molecule has 1 spiro atoms. The zero-order valence-electron chi connectivity index (χ0n) is 14.4. The summed E-state index contributed by atoms with van der Waals surface area (Å²) in [7, 11) is 0. The van der Waals surface area contributed by atoms with Gasteiger partial charge in [-0.3, -0.25) is 4.79 Å². The number of hydrogen-bond donors (Lipinski definition) is 0. The van der Waals surface area contributed by atoms with Gasteiger partial charge >= 0.3 is 0 Å². The summed E-state index contributed by atoms with van der Waals surface area (Å²) < 4.78 is 11.5. The molecule has 3 fully saturated rings. The molecule has 7 heteroatoms. The van der Waals surface area contributed by atoms with Crippen molar-refractivity contribution in [2.45, 2.75) is 37.9 Å². The molecular formula is C18H24ClN3O3. The van der Waals surface area contributed by atoms with E-state index in [0.29, 0.717) is 23.8 Å². The summed E-state index contributed by atoms with van der Waals surface area (Å²) in [5, 5.41) is 0.534. The molecule has 1 amide bonds. The average molecular weight is 366 g/mol. The van der Waals surface area contributed by atoms with E-state index >= 15 is 0 Å². The van der Waals surface area contributed by atoms with Crippen LogP contribution in [0.3, 0.4) is 0 Å². The van der Waals surface area contributed by atoms with Gasteiger partial charge in [-0.05, 0) is 25.3 Å². The number of halogens is 1. The van der Waals surface area contributed by atoms with Gasteiger partial charge in [0.05, 0.1) is 23.8 Å². The van der Waals surface area contributed by atoms with Crippen molar-refractivity contribution in [1.29, 1.82) is 0 Å². The molecule has 1 aromatic rings. The fraction of sp³-hybridized carbons (Fsp3) is 0.667. The summed E-state index contributed by atoms with van der Waals surface area (Å²) >= 11 is 6.46. The van der Waals surface area contributed by atoms with Crippen LogP contribution in [0.2, 0.25) is 5.02 Å². The van der Waals surface area contributed by atoms with Crippen LogP contribution in [0.5, 0.6) is 0 Å². The maximum Gasteiger partial charge on any atom is 0.255 e. The van der Waals surface area contributed by atoms with Crippen LogP contribution in [0.1, 0.15) is 42.5 Å². The summed E-state index contributed by atoms with van der Waals surface area (Å²) in [6.45, 7) is 4.57. The van der Waals surface area contributed by atoms with Crippen molar-refractivity contribution >= 4 is 23.3 Å². The first-order chi connectivity index (χ1) is 12.2. The van der Waals surface area contributed by atoms with Crippen LogP contribution in [0.15, 0.2) is 12.3 Å². The molecule has 0 aromatic carbocycles. The number of amides is 1. The van der Waals surface area contributed by atoms with E-state index in [-0.39, 0.29) is 5.91 Å². The zero-order chi connectivity index (χ0) is 17.3. The summed E-state index contributed by atoms with van der Waals surface area (Å²) in [6, 6.07) is 1.76. The number of pyridine rings is 1. The molecule has 25 heavy (non-hydrogen) atoms.